The maximum absolute atomic E-state index is 13.2. The summed E-state index contributed by atoms with van der Waals surface area (Å²) in [6.07, 6.45) is 2.62. The Morgan fingerprint density at radius 3 is 2.93 bits per heavy atom. The van der Waals surface area contributed by atoms with Gasteiger partial charge >= 0.3 is 0 Å². The highest BCUT2D eigenvalue weighted by Crippen LogP contribution is 2.41. The van der Waals surface area contributed by atoms with Crippen LogP contribution in [0.2, 0.25) is 0 Å². The zero-order valence-electron chi connectivity index (χ0n) is 16.0. The molecule has 3 aromatic heterocycles. The summed E-state index contributed by atoms with van der Waals surface area (Å²) in [5, 5.41) is 7.09. The second-order valence-corrected chi connectivity index (χ2v) is 8.70. The lowest BCUT2D eigenvalue weighted by Crippen LogP contribution is -2.53. The minimum atomic E-state index is -0.479. The highest BCUT2D eigenvalue weighted by molar-refractivity contribution is 7.07. The lowest BCUT2D eigenvalue weighted by atomic mass is 9.78. The number of pyridine rings is 1. The van der Waals surface area contributed by atoms with Gasteiger partial charge in [-0.05, 0) is 47.0 Å². The molecule has 0 saturated carbocycles. The van der Waals surface area contributed by atoms with Crippen molar-refractivity contribution in [2.24, 2.45) is 5.92 Å². The zero-order valence-corrected chi connectivity index (χ0v) is 16.8. The molecule has 150 valence electrons. The molecule has 1 N–H and O–H groups in total. The minimum Gasteiger partial charge on any atom is -0.468 e. The van der Waals surface area contributed by atoms with Crippen LogP contribution in [0.4, 0.5) is 0 Å². The number of carbonyl (C=O) groups excluding carboxylic acids is 1. The van der Waals surface area contributed by atoms with Gasteiger partial charge in [0, 0.05) is 43.2 Å². The Labute approximate surface area is 172 Å². The average Bonchev–Trinajstić information content (AvgIpc) is 3.41. The van der Waals surface area contributed by atoms with E-state index in [4.69, 9.17) is 4.42 Å². The van der Waals surface area contributed by atoms with E-state index >= 15 is 0 Å². The second kappa shape index (κ2) is 7.65. The van der Waals surface area contributed by atoms with Crippen LogP contribution in [-0.2, 0) is 17.9 Å². The van der Waals surface area contributed by atoms with E-state index in [1.165, 1.54) is 0 Å². The van der Waals surface area contributed by atoms with Gasteiger partial charge in [-0.2, -0.15) is 11.3 Å². The first-order chi connectivity index (χ1) is 14.2. The summed E-state index contributed by atoms with van der Waals surface area (Å²) in [5.74, 6) is 1.19. The third-order valence-corrected chi connectivity index (χ3v) is 6.73. The van der Waals surface area contributed by atoms with E-state index < -0.39 is 6.04 Å². The van der Waals surface area contributed by atoms with E-state index in [0.29, 0.717) is 6.54 Å². The maximum atomic E-state index is 13.2. The number of furan rings is 1. The van der Waals surface area contributed by atoms with E-state index in [1.54, 1.807) is 34.3 Å². The van der Waals surface area contributed by atoms with Crippen LogP contribution >= 0.6 is 11.3 Å². The van der Waals surface area contributed by atoms with Crippen molar-refractivity contribution < 1.29 is 9.21 Å². The number of carbonyl (C=O) groups is 1. The number of fused-ring (bicyclic) bond motifs is 4. The molecular weight excluding hydrogens is 386 g/mol. The summed E-state index contributed by atoms with van der Waals surface area (Å²) in [5.41, 5.74) is 1.96. The van der Waals surface area contributed by atoms with Gasteiger partial charge in [-0.1, -0.05) is 6.07 Å². The van der Waals surface area contributed by atoms with Crippen LogP contribution in [0, 0.1) is 5.92 Å². The van der Waals surface area contributed by atoms with E-state index in [0.717, 1.165) is 43.1 Å². The molecular formula is C22H23N3O3S. The van der Waals surface area contributed by atoms with Crippen LogP contribution in [0.15, 0.2) is 62.6 Å². The second-order valence-electron chi connectivity index (χ2n) is 7.92. The summed E-state index contributed by atoms with van der Waals surface area (Å²) in [6, 6.07) is 10.8. The highest BCUT2D eigenvalue weighted by Gasteiger charge is 2.43. The number of nitrogens with zero attached hydrogens (tertiary/aromatic N) is 2. The molecule has 1 amide bonds. The van der Waals surface area contributed by atoms with Gasteiger partial charge in [-0.25, -0.2) is 0 Å². The molecule has 1 saturated heterocycles. The molecule has 2 bridgehead atoms. The van der Waals surface area contributed by atoms with Crippen molar-refractivity contribution >= 4 is 17.2 Å². The summed E-state index contributed by atoms with van der Waals surface area (Å²) < 4.78 is 7.27. The molecule has 0 spiro atoms. The molecule has 0 aliphatic carbocycles. The minimum absolute atomic E-state index is 0.0750. The maximum Gasteiger partial charge on any atom is 0.251 e. The van der Waals surface area contributed by atoms with Gasteiger partial charge in [0.05, 0.1) is 12.8 Å². The van der Waals surface area contributed by atoms with Gasteiger partial charge in [0.1, 0.15) is 11.8 Å². The monoisotopic (exact) mass is 409 g/mol. The van der Waals surface area contributed by atoms with Gasteiger partial charge < -0.3 is 9.73 Å². The summed E-state index contributed by atoms with van der Waals surface area (Å²) >= 11 is 1.61. The van der Waals surface area contributed by atoms with Gasteiger partial charge in [0.15, 0.2) is 0 Å². The molecule has 2 aliphatic rings. The van der Waals surface area contributed by atoms with Crippen LogP contribution < -0.4 is 10.9 Å². The van der Waals surface area contributed by atoms with Crippen molar-refractivity contribution in [1.29, 1.82) is 0 Å². The SMILES string of the molecule is O=C(NCc1ccsc1)[C@H]1[C@@H]2C[C@@H](CN(Cc3ccco3)C2)c2cccc(=O)n21. The summed E-state index contributed by atoms with van der Waals surface area (Å²) in [4.78, 5) is 28.3. The molecule has 3 aromatic rings. The van der Waals surface area contributed by atoms with Crippen LogP contribution in [0.5, 0.6) is 0 Å². The van der Waals surface area contributed by atoms with Crippen LogP contribution in [-0.4, -0.2) is 28.5 Å². The van der Waals surface area contributed by atoms with Crippen molar-refractivity contribution in [3.8, 4) is 0 Å². The molecule has 5 heterocycles. The molecule has 0 unspecified atom stereocenters. The smallest absolute Gasteiger partial charge is 0.251 e. The fraction of sp³-hybridized carbons (Fsp3) is 0.364. The Bertz CT molecular complexity index is 1040. The largest absolute Gasteiger partial charge is 0.468 e. The zero-order chi connectivity index (χ0) is 19.8. The number of hydrogen-bond donors (Lipinski definition) is 1. The molecule has 2 aliphatic heterocycles. The number of likely N-dealkylation sites (tertiary alicyclic amines) is 1. The molecule has 1 fully saturated rings. The van der Waals surface area contributed by atoms with Crippen molar-refractivity contribution in [2.45, 2.75) is 31.5 Å². The van der Waals surface area contributed by atoms with Crippen LogP contribution in [0.25, 0.3) is 0 Å². The molecule has 7 heteroatoms. The van der Waals surface area contributed by atoms with Gasteiger partial charge in [-0.15, -0.1) is 0 Å². The number of thiophene rings is 1. The predicted molar refractivity (Wildman–Crippen MR) is 111 cm³/mol. The lowest BCUT2D eigenvalue weighted by molar-refractivity contribution is -0.128. The van der Waals surface area contributed by atoms with Crippen molar-refractivity contribution in [3.63, 3.8) is 0 Å². The third kappa shape index (κ3) is 3.56. The fourth-order valence-electron chi connectivity index (χ4n) is 4.80. The number of piperidine rings is 1. The fourth-order valence-corrected chi connectivity index (χ4v) is 5.47. The van der Waals surface area contributed by atoms with E-state index in [9.17, 15) is 9.59 Å². The van der Waals surface area contributed by atoms with E-state index in [2.05, 4.69) is 10.2 Å². The highest BCUT2D eigenvalue weighted by atomic mass is 32.1. The molecule has 5 rings (SSSR count). The Kier molecular flexibility index (Phi) is 4.85. The van der Waals surface area contributed by atoms with E-state index in [-0.39, 0.29) is 23.3 Å². The molecule has 0 radical (unpaired) electrons. The van der Waals surface area contributed by atoms with Gasteiger partial charge in [-0.3, -0.25) is 19.1 Å². The van der Waals surface area contributed by atoms with Gasteiger partial charge in [0.2, 0.25) is 5.91 Å². The first kappa shape index (κ1) is 18.4. The quantitative estimate of drug-likeness (QED) is 0.704. The average molecular weight is 410 g/mol. The number of aromatic nitrogens is 1. The number of nitrogens with one attached hydrogen (secondary N) is 1. The van der Waals surface area contributed by atoms with Crippen LogP contribution in [0.3, 0.4) is 0 Å². The normalized spacial score (nSPS) is 23.5. The standard InChI is InChI=1S/C22H23N3O3S/c26-20-5-1-4-19-16-9-17(12-24(11-16)13-18-3-2-7-28-18)21(25(19)20)22(27)23-10-15-6-8-29-14-15/h1-8,14,16-17,21H,9-13H2,(H,23,27)/t16-,17+,21+/m0/s1. The lowest BCUT2D eigenvalue weighted by Gasteiger charge is -2.46. The van der Waals surface area contributed by atoms with Crippen molar-refractivity contribution in [1.82, 2.24) is 14.8 Å². The number of rotatable bonds is 5. The Morgan fingerprint density at radius 2 is 2.14 bits per heavy atom. The van der Waals surface area contributed by atoms with Crippen LogP contribution in [0.1, 0.15) is 35.4 Å². The first-order valence-corrected chi connectivity index (χ1v) is 10.9. The summed E-state index contributed by atoms with van der Waals surface area (Å²) in [6.45, 7) is 2.85. The van der Waals surface area contributed by atoms with E-state index in [1.807, 2.05) is 35.0 Å². The first-order valence-electron chi connectivity index (χ1n) is 9.94. The topological polar surface area (TPSA) is 67.5 Å². The Morgan fingerprint density at radius 1 is 1.21 bits per heavy atom. The van der Waals surface area contributed by atoms with Crippen molar-refractivity contribution in [3.05, 3.63) is 80.8 Å². The molecule has 29 heavy (non-hydrogen) atoms. The summed E-state index contributed by atoms with van der Waals surface area (Å²) in [7, 11) is 0. The van der Waals surface area contributed by atoms with Gasteiger partial charge in [0.25, 0.3) is 5.56 Å². The molecule has 3 atom stereocenters. The Balaban J connectivity index is 1.44. The predicted octanol–water partition coefficient (Wildman–Crippen LogP) is 2.98. The molecule has 0 aromatic carbocycles. The number of amides is 1. The Hall–Kier alpha value is -2.64. The third-order valence-electron chi connectivity index (χ3n) is 6.00. The van der Waals surface area contributed by atoms with Crippen molar-refractivity contribution in [2.75, 3.05) is 13.1 Å². The number of hydrogen-bond acceptors (Lipinski definition) is 5. The molecule has 6 nitrogen and oxygen atoms in total.